The van der Waals surface area contributed by atoms with Gasteiger partial charge in [0, 0.05) is 29.6 Å². The van der Waals surface area contributed by atoms with E-state index in [1.54, 1.807) is 0 Å². The van der Waals surface area contributed by atoms with Crippen LogP contribution in [0.2, 0.25) is 0 Å². The van der Waals surface area contributed by atoms with E-state index in [1.807, 2.05) is 41.9 Å². The molecule has 0 aliphatic rings. The van der Waals surface area contributed by atoms with Crippen molar-refractivity contribution < 1.29 is 0 Å². The van der Waals surface area contributed by atoms with Crippen molar-refractivity contribution in [2.75, 3.05) is 0 Å². The fourth-order valence-electron chi connectivity index (χ4n) is 5.18. The number of hydrogen-bond acceptors (Lipinski definition) is 5. The molecular weight excluding hydrogens is 472 g/mol. The first-order valence-corrected chi connectivity index (χ1v) is 13.1. The predicted molar refractivity (Wildman–Crippen MR) is 151 cm³/mol. The van der Waals surface area contributed by atoms with E-state index in [9.17, 15) is 4.79 Å². The summed E-state index contributed by atoms with van der Waals surface area (Å²) in [6.45, 7) is 10.1. The minimum Gasteiger partial charge on any atom is -0.322 e. The van der Waals surface area contributed by atoms with Crippen LogP contribution in [0.3, 0.4) is 0 Å². The molecule has 1 N–H and O–H groups in total. The average Bonchev–Trinajstić information content (AvgIpc) is 3.34. The minimum atomic E-state index is -0.0794. The van der Waals surface area contributed by atoms with E-state index in [0.29, 0.717) is 19.6 Å². The molecule has 0 radical (unpaired) electrons. The first kappa shape index (κ1) is 25.5. The molecule has 5 aromatic rings. The molecule has 0 unspecified atom stereocenters. The number of tetrazole rings is 1. The lowest BCUT2D eigenvalue weighted by molar-refractivity contribution is 0.161. The summed E-state index contributed by atoms with van der Waals surface area (Å²) in [5, 5.41) is 13.9. The van der Waals surface area contributed by atoms with Crippen LogP contribution in [0.15, 0.2) is 77.6 Å². The Kier molecular flexibility index (Phi) is 7.47. The van der Waals surface area contributed by atoms with E-state index in [0.717, 1.165) is 45.4 Å². The standard InChI is InChI=1S/C31H34N6O/c1-5-29(30-33-34-35-37(30)19-24-9-7-6-8-10-24)36(18-25-13-11-21(2)12-14-25)20-26-17-27-23(4)15-22(3)16-28(27)32-31(26)38/h6-17,29H,5,18-20H2,1-4H3,(H,32,38)/t29-/m1/s1. The molecule has 0 saturated carbocycles. The lowest BCUT2D eigenvalue weighted by atomic mass is 10.0. The zero-order valence-corrected chi connectivity index (χ0v) is 22.5. The number of pyridine rings is 1. The highest BCUT2D eigenvalue weighted by Crippen LogP contribution is 2.27. The topological polar surface area (TPSA) is 79.7 Å². The van der Waals surface area contributed by atoms with Gasteiger partial charge in [0.1, 0.15) is 0 Å². The lowest BCUT2D eigenvalue weighted by Gasteiger charge is -2.30. The number of aromatic amines is 1. The van der Waals surface area contributed by atoms with E-state index in [4.69, 9.17) is 0 Å². The molecule has 0 amide bonds. The largest absolute Gasteiger partial charge is 0.322 e. The second-order valence-electron chi connectivity index (χ2n) is 10.2. The summed E-state index contributed by atoms with van der Waals surface area (Å²) in [6.07, 6.45) is 0.796. The SMILES string of the molecule is CC[C@H](c1nnnn1Cc1ccccc1)N(Cc1ccc(C)cc1)Cc1cc2c(C)cc(C)cc2[nH]c1=O. The summed E-state index contributed by atoms with van der Waals surface area (Å²) in [5.74, 6) is 0.799. The average molecular weight is 507 g/mol. The summed E-state index contributed by atoms with van der Waals surface area (Å²) in [5.41, 5.74) is 7.37. The van der Waals surface area contributed by atoms with Gasteiger partial charge in [0.2, 0.25) is 0 Å². The highest BCUT2D eigenvalue weighted by Gasteiger charge is 2.26. The van der Waals surface area contributed by atoms with Crippen LogP contribution in [-0.4, -0.2) is 30.1 Å². The van der Waals surface area contributed by atoms with Gasteiger partial charge in [-0.3, -0.25) is 9.69 Å². The van der Waals surface area contributed by atoms with Crippen molar-refractivity contribution in [2.45, 2.75) is 59.8 Å². The van der Waals surface area contributed by atoms with Crippen molar-refractivity contribution in [3.8, 4) is 0 Å². The van der Waals surface area contributed by atoms with Crippen LogP contribution in [0.1, 0.15) is 58.6 Å². The van der Waals surface area contributed by atoms with Crippen LogP contribution in [-0.2, 0) is 19.6 Å². The summed E-state index contributed by atoms with van der Waals surface area (Å²) < 4.78 is 1.88. The summed E-state index contributed by atoms with van der Waals surface area (Å²) in [4.78, 5) is 18.7. The molecule has 194 valence electrons. The molecule has 7 heteroatoms. The number of nitrogens with zero attached hydrogens (tertiary/aromatic N) is 5. The Morgan fingerprint density at radius 3 is 2.39 bits per heavy atom. The predicted octanol–water partition coefficient (Wildman–Crippen LogP) is 5.64. The number of aryl methyl sites for hydroxylation is 3. The van der Waals surface area contributed by atoms with Crippen LogP contribution < -0.4 is 5.56 Å². The molecule has 0 aliphatic carbocycles. The quantitative estimate of drug-likeness (QED) is 0.280. The van der Waals surface area contributed by atoms with Gasteiger partial charge in [-0.25, -0.2) is 4.68 Å². The second-order valence-corrected chi connectivity index (χ2v) is 10.2. The Labute approximate surface area is 223 Å². The van der Waals surface area contributed by atoms with Gasteiger partial charge >= 0.3 is 0 Å². The lowest BCUT2D eigenvalue weighted by Crippen LogP contribution is -2.32. The van der Waals surface area contributed by atoms with E-state index in [2.05, 4.69) is 88.6 Å². The fourth-order valence-corrected chi connectivity index (χ4v) is 5.18. The van der Waals surface area contributed by atoms with Gasteiger partial charge in [0.25, 0.3) is 5.56 Å². The van der Waals surface area contributed by atoms with Gasteiger partial charge in [-0.15, -0.1) is 5.10 Å². The normalized spacial score (nSPS) is 12.3. The Bertz CT molecular complexity index is 1590. The van der Waals surface area contributed by atoms with Gasteiger partial charge in [-0.1, -0.05) is 73.2 Å². The highest BCUT2D eigenvalue weighted by molar-refractivity contribution is 5.83. The van der Waals surface area contributed by atoms with Gasteiger partial charge < -0.3 is 4.98 Å². The third-order valence-electron chi connectivity index (χ3n) is 7.13. The Balaban J connectivity index is 1.54. The highest BCUT2D eigenvalue weighted by atomic mass is 16.1. The van der Waals surface area contributed by atoms with Crippen LogP contribution >= 0.6 is 0 Å². The van der Waals surface area contributed by atoms with E-state index >= 15 is 0 Å². The number of rotatable bonds is 9. The molecule has 0 aliphatic heterocycles. The van der Waals surface area contributed by atoms with Crippen LogP contribution in [0, 0.1) is 20.8 Å². The third kappa shape index (κ3) is 5.58. The molecule has 0 saturated heterocycles. The maximum absolute atomic E-state index is 13.3. The maximum atomic E-state index is 13.3. The van der Waals surface area contributed by atoms with Crippen LogP contribution in [0.25, 0.3) is 10.9 Å². The van der Waals surface area contributed by atoms with Crippen LogP contribution in [0.4, 0.5) is 0 Å². The number of nitrogens with one attached hydrogen (secondary N) is 1. The molecule has 0 fully saturated rings. The molecule has 2 heterocycles. The summed E-state index contributed by atoms with van der Waals surface area (Å²) >= 11 is 0. The first-order valence-electron chi connectivity index (χ1n) is 13.1. The Morgan fingerprint density at radius 1 is 0.895 bits per heavy atom. The Morgan fingerprint density at radius 2 is 1.66 bits per heavy atom. The van der Waals surface area contributed by atoms with Crippen LogP contribution in [0.5, 0.6) is 0 Å². The number of hydrogen-bond donors (Lipinski definition) is 1. The number of aromatic nitrogens is 5. The smallest absolute Gasteiger partial charge is 0.252 e. The monoisotopic (exact) mass is 506 g/mol. The maximum Gasteiger partial charge on any atom is 0.252 e. The third-order valence-corrected chi connectivity index (χ3v) is 7.13. The fraction of sp³-hybridized carbons (Fsp3) is 0.290. The van der Waals surface area contributed by atoms with Gasteiger partial charge in [0.15, 0.2) is 5.82 Å². The molecule has 2 aromatic heterocycles. The van der Waals surface area contributed by atoms with E-state index in [-0.39, 0.29) is 11.6 Å². The second kappa shape index (κ2) is 11.1. The molecule has 3 aromatic carbocycles. The number of benzene rings is 3. The van der Waals surface area contributed by atoms with Gasteiger partial charge in [-0.05, 0) is 72.0 Å². The minimum absolute atomic E-state index is 0.0601. The van der Waals surface area contributed by atoms with Gasteiger partial charge in [-0.2, -0.15) is 0 Å². The zero-order valence-electron chi connectivity index (χ0n) is 22.5. The van der Waals surface area contributed by atoms with Crippen molar-refractivity contribution in [3.63, 3.8) is 0 Å². The first-order chi connectivity index (χ1) is 18.4. The molecule has 38 heavy (non-hydrogen) atoms. The van der Waals surface area contributed by atoms with Crippen molar-refractivity contribution in [3.05, 3.63) is 122 Å². The molecule has 5 rings (SSSR count). The van der Waals surface area contributed by atoms with Crippen molar-refractivity contribution in [2.24, 2.45) is 0 Å². The van der Waals surface area contributed by atoms with Gasteiger partial charge in [0.05, 0.1) is 12.6 Å². The number of fused-ring (bicyclic) bond motifs is 1. The molecule has 0 spiro atoms. The molecular formula is C31H34N6O. The summed E-state index contributed by atoms with van der Waals surface area (Å²) in [7, 11) is 0. The zero-order chi connectivity index (χ0) is 26.6. The van der Waals surface area contributed by atoms with E-state index < -0.39 is 0 Å². The van der Waals surface area contributed by atoms with Crippen molar-refractivity contribution in [1.29, 1.82) is 0 Å². The molecule has 0 bridgehead atoms. The number of H-pyrrole nitrogens is 1. The van der Waals surface area contributed by atoms with Crippen molar-refractivity contribution >= 4 is 10.9 Å². The van der Waals surface area contributed by atoms with Crippen molar-refractivity contribution in [1.82, 2.24) is 30.1 Å². The molecule has 7 nitrogen and oxygen atoms in total. The Hall–Kier alpha value is -4.10. The summed E-state index contributed by atoms with van der Waals surface area (Å²) in [6, 6.07) is 24.9. The molecule has 1 atom stereocenters. The van der Waals surface area contributed by atoms with E-state index in [1.165, 1.54) is 11.1 Å².